The summed E-state index contributed by atoms with van der Waals surface area (Å²) in [6.45, 7) is 0.812. The Hall–Kier alpha value is -1.35. The zero-order valence-corrected chi connectivity index (χ0v) is 10.8. The number of carbonyl (C=O) groups is 1. The number of nitrogens with one attached hydrogen (secondary N) is 1. The second-order valence-corrected chi connectivity index (χ2v) is 5.17. The van der Waals surface area contributed by atoms with Crippen LogP contribution >= 0.6 is 0 Å². The fourth-order valence-corrected chi connectivity index (χ4v) is 2.76. The molecular formula is C15H22N2O. The van der Waals surface area contributed by atoms with Crippen LogP contribution < -0.4 is 11.1 Å². The second-order valence-electron chi connectivity index (χ2n) is 5.17. The van der Waals surface area contributed by atoms with Crippen LogP contribution in [0.4, 0.5) is 0 Å². The van der Waals surface area contributed by atoms with Gasteiger partial charge in [0.1, 0.15) is 0 Å². The summed E-state index contributed by atoms with van der Waals surface area (Å²) in [6, 6.07) is 10.3. The van der Waals surface area contributed by atoms with E-state index in [1.54, 1.807) is 0 Å². The summed E-state index contributed by atoms with van der Waals surface area (Å²) < 4.78 is 0. The molecule has 3 nitrogen and oxygen atoms in total. The average Bonchev–Trinajstić information content (AvgIpc) is 2.41. The lowest BCUT2D eigenvalue weighted by Crippen LogP contribution is -2.56. The van der Waals surface area contributed by atoms with Crippen molar-refractivity contribution in [2.45, 2.75) is 44.1 Å². The van der Waals surface area contributed by atoms with E-state index in [0.717, 1.165) is 38.6 Å². The largest absolute Gasteiger partial charge is 0.368 e. The highest BCUT2D eigenvalue weighted by Gasteiger charge is 2.36. The third kappa shape index (κ3) is 3.10. The summed E-state index contributed by atoms with van der Waals surface area (Å²) in [6.07, 6.45) is 6.13. The molecule has 0 unspecified atom stereocenters. The third-order valence-corrected chi connectivity index (χ3v) is 3.90. The monoisotopic (exact) mass is 246 g/mol. The van der Waals surface area contributed by atoms with Gasteiger partial charge in [-0.25, -0.2) is 0 Å². The molecular weight excluding hydrogens is 224 g/mol. The highest BCUT2D eigenvalue weighted by molar-refractivity contribution is 5.84. The molecule has 3 N–H and O–H groups in total. The van der Waals surface area contributed by atoms with E-state index in [2.05, 4.69) is 17.4 Å². The molecule has 0 aliphatic heterocycles. The molecule has 1 saturated carbocycles. The van der Waals surface area contributed by atoms with Crippen LogP contribution in [0.1, 0.15) is 37.7 Å². The average molecular weight is 246 g/mol. The summed E-state index contributed by atoms with van der Waals surface area (Å²) in [5.74, 6) is -0.185. The number of nitrogens with two attached hydrogens (primary N) is 1. The molecule has 0 aromatic heterocycles. The Morgan fingerprint density at radius 2 is 1.83 bits per heavy atom. The normalized spacial score (nSPS) is 18.4. The first-order valence-electron chi connectivity index (χ1n) is 6.82. The summed E-state index contributed by atoms with van der Waals surface area (Å²) in [5.41, 5.74) is 6.42. The number of benzene rings is 1. The minimum atomic E-state index is -0.451. The highest BCUT2D eigenvalue weighted by atomic mass is 16.1. The number of hydrogen-bond acceptors (Lipinski definition) is 2. The van der Waals surface area contributed by atoms with Gasteiger partial charge in [0.05, 0.1) is 5.54 Å². The quantitative estimate of drug-likeness (QED) is 0.835. The Morgan fingerprint density at radius 1 is 1.17 bits per heavy atom. The van der Waals surface area contributed by atoms with E-state index >= 15 is 0 Å². The van der Waals surface area contributed by atoms with E-state index in [4.69, 9.17) is 5.73 Å². The van der Waals surface area contributed by atoms with Crippen LogP contribution in [0, 0.1) is 0 Å². The van der Waals surface area contributed by atoms with Crippen LogP contribution in [-0.4, -0.2) is 18.0 Å². The lowest BCUT2D eigenvalue weighted by Gasteiger charge is -2.35. The zero-order chi connectivity index (χ0) is 12.8. The minimum absolute atomic E-state index is 0.185. The van der Waals surface area contributed by atoms with E-state index in [1.165, 1.54) is 12.0 Å². The Labute approximate surface area is 109 Å². The van der Waals surface area contributed by atoms with Gasteiger partial charge < -0.3 is 11.1 Å². The SMILES string of the molecule is NC(=O)C1(NCCc2ccccc2)CCCCC1. The third-order valence-electron chi connectivity index (χ3n) is 3.90. The van der Waals surface area contributed by atoms with E-state index in [-0.39, 0.29) is 5.91 Å². The van der Waals surface area contributed by atoms with Gasteiger partial charge in [-0.1, -0.05) is 49.6 Å². The molecule has 0 saturated heterocycles. The molecule has 18 heavy (non-hydrogen) atoms. The first-order chi connectivity index (χ1) is 8.73. The second kappa shape index (κ2) is 6.01. The van der Waals surface area contributed by atoms with Gasteiger partial charge in [0.2, 0.25) is 5.91 Å². The first-order valence-corrected chi connectivity index (χ1v) is 6.82. The van der Waals surface area contributed by atoms with Crippen LogP contribution in [-0.2, 0) is 11.2 Å². The van der Waals surface area contributed by atoms with Gasteiger partial charge in [0, 0.05) is 6.54 Å². The van der Waals surface area contributed by atoms with Crippen molar-refractivity contribution in [2.24, 2.45) is 5.73 Å². The van der Waals surface area contributed by atoms with Crippen molar-refractivity contribution in [1.29, 1.82) is 0 Å². The number of amides is 1. The van der Waals surface area contributed by atoms with Gasteiger partial charge in [-0.15, -0.1) is 0 Å². The van der Waals surface area contributed by atoms with Gasteiger partial charge in [-0.2, -0.15) is 0 Å². The van der Waals surface area contributed by atoms with Crippen LogP contribution in [0.2, 0.25) is 0 Å². The van der Waals surface area contributed by atoms with Crippen molar-refractivity contribution < 1.29 is 4.79 Å². The maximum absolute atomic E-state index is 11.7. The van der Waals surface area contributed by atoms with Gasteiger partial charge in [0.15, 0.2) is 0 Å². The lowest BCUT2D eigenvalue weighted by atomic mass is 9.81. The van der Waals surface area contributed by atoms with Crippen LogP contribution in [0.3, 0.4) is 0 Å². The molecule has 0 radical (unpaired) electrons. The van der Waals surface area contributed by atoms with E-state index in [1.807, 2.05) is 18.2 Å². The molecule has 1 amide bonds. The predicted octanol–water partition coefficient (Wildman–Crippen LogP) is 2.01. The molecule has 1 aromatic rings. The highest BCUT2D eigenvalue weighted by Crippen LogP contribution is 2.27. The van der Waals surface area contributed by atoms with Crippen molar-refractivity contribution in [3.05, 3.63) is 35.9 Å². The molecule has 98 valence electrons. The molecule has 1 fully saturated rings. The molecule has 0 atom stereocenters. The summed E-state index contributed by atoms with van der Waals surface area (Å²) >= 11 is 0. The van der Waals surface area contributed by atoms with E-state index in [9.17, 15) is 4.79 Å². The summed E-state index contributed by atoms with van der Waals surface area (Å²) in [7, 11) is 0. The Kier molecular flexibility index (Phi) is 4.37. The van der Waals surface area contributed by atoms with Gasteiger partial charge in [0.25, 0.3) is 0 Å². The molecule has 1 aliphatic carbocycles. The fourth-order valence-electron chi connectivity index (χ4n) is 2.76. The maximum Gasteiger partial charge on any atom is 0.237 e. The summed E-state index contributed by atoms with van der Waals surface area (Å²) in [4.78, 5) is 11.7. The molecule has 0 spiro atoms. The molecule has 0 bridgehead atoms. The predicted molar refractivity (Wildman–Crippen MR) is 73.2 cm³/mol. The topological polar surface area (TPSA) is 55.1 Å². The van der Waals surface area contributed by atoms with Crippen molar-refractivity contribution in [3.63, 3.8) is 0 Å². The van der Waals surface area contributed by atoms with Crippen molar-refractivity contribution in [1.82, 2.24) is 5.32 Å². The smallest absolute Gasteiger partial charge is 0.237 e. The van der Waals surface area contributed by atoms with Crippen LogP contribution in [0.5, 0.6) is 0 Å². The fraction of sp³-hybridized carbons (Fsp3) is 0.533. The Bertz CT molecular complexity index is 383. The van der Waals surface area contributed by atoms with Crippen LogP contribution in [0.25, 0.3) is 0 Å². The summed E-state index contributed by atoms with van der Waals surface area (Å²) in [5, 5.41) is 3.41. The minimum Gasteiger partial charge on any atom is -0.368 e. The van der Waals surface area contributed by atoms with Gasteiger partial charge in [-0.05, 0) is 24.8 Å². The van der Waals surface area contributed by atoms with Gasteiger partial charge in [-0.3, -0.25) is 4.79 Å². The Balaban J connectivity index is 1.88. The number of hydrogen-bond donors (Lipinski definition) is 2. The lowest BCUT2D eigenvalue weighted by molar-refractivity contribution is -0.125. The zero-order valence-electron chi connectivity index (χ0n) is 10.8. The Morgan fingerprint density at radius 3 is 2.44 bits per heavy atom. The standard InChI is InChI=1S/C15H22N2O/c16-14(18)15(10-5-2-6-11-15)17-12-9-13-7-3-1-4-8-13/h1,3-4,7-8,17H,2,5-6,9-12H2,(H2,16,18). The first kappa shape index (κ1) is 13.1. The van der Waals surface area contributed by atoms with Gasteiger partial charge >= 0.3 is 0 Å². The molecule has 3 heteroatoms. The number of carbonyl (C=O) groups excluding carboxylic acids is 1. The molecule has 1 aromatic carbocycles. The molecule has 1 aliphatic rings. The van der Waals surface area contributed by atoms with Crippen LogP contribution in [0.15, 0.2) is 30.3 Å². The van der Waals surface area contributed by atoms with E-state index < -0.39 is 5.54 Å². The van der Waals surface area contributed by atoms with Crippen molar-refractivity contribution in [3.8, 4) is 0 Å². The molecule has 2 rings (SSSR count). The molecule has 0 heterocycles. The maximum atomic E-state index is 11.7. The van der Waals surface area contributed by atoms with Crippen molar-refractivity contribution in [2.75, 3.05) is 6.54 Å². The van der Waals surface area contributed by atoms with Crippen molar-refractivity contribution >= 4 is 5.91 Å². The number of rotatable bonds is 5. The van der Waals surface area contributed by atoms with E-state index in [0.29, 0.717) is 0 Å². The number of primary amides is 1.